The Morgan fingerprint density at radius 1 is 1.20 bits per heavy atom. The third-order valence-corrected chi connectivity index (χ3v) is 3.85. The first kappa shape index (κ1) is 15.3. The summed E-state index contributed by atoms with van der Waals surface area (Å²) in [6.45, 7) is 3.05. The summed E-state index contributed by atoms with van der Waals surface area (Å²) in [6.07, 6.45) is 0. The lowest BCUT2D eigenvalue weighted by molar-refractivity contribution is 0.332. The summed E-state index contributed by atoms with van der Waals surface area (Å²) >= 11 is 6.56. The molecule has 5 heteroatoms. The van der Waals surface area contributed by atoms with Gasteiger partial charge in [0.1, 0.15) is 18.2 Å². The van der Waals surface area contributed by atoms with Crippen LogP contribution >= 0.6 is 31.9 Å². The molecular weight excluding hydrogens is 389 g/mol. The standard InChI is InChI=1S/C15H14Br2FNO/c1-10-7-13(17)14(18)9-15(10)19-5-6-20-12-4-2-3-11(16)8-12/h2-4,7-9,19H,5-6H2,1H3. The first-order chi connectivity index (χ1) is 9.56. The predicted octanol–water partition coefficient (Wildman–Crippen LogP) is 5.15. The average Bonchev–Trinajstić information content (AvgIpc) is 2.40. The Kier molecular flexibility index (Phi) is 5.43. The zero-order valence-corrected chi connectivity index (χ0v) is 14.1. The Balaban J connectivity index is 1.86. The highest BCUT2D eigenvalue weighted by Crippen LogP contribution is 2.23. The van der Waals surface area contributed by atoms with Gasteiger partial charge in [-0.25, -0.2) is 4.39 Å². The van der Waals surface area contributed by atoms with Gasteiger partial charge in [0.2, 0.25) is 0 Å². The van der Waals surface area contributed by atoms with Gasteiger partial charge in [-0.3, -0.25) is 0 Å². The summed E-state index contributed by atoms with van der Waals surface area (Å²) in [6, 6.07) is 10.9. The van der Waals surface area contributed by atoms with Crippen molar-refractivity contribution >= 4 is 37.5 Å². The van der Waals surface area contributed by atoms with E-state index < -0.39 is 0 Å². The Morgan fingerprint density at radius 2 is 2.00 bits per heavy atom. The minimum Gasteiger partial charge on any atom is -0.492 e. The molecule has 1 N–H and O–H groups in total. The molecule has 106 valence electrons. The van der Waals surface area contributed by atoms with Crippen LogP contribution < -0.4 is 10.1 Å². The maximum Gasteiger partial charge on any atom is 0.139 e. The molecule has 0 aliphatic heterocycles. The largest absolute Gasteiger partial charge is 0.492 e. The Labute approximate surface area is 134 Å². The second-order valence-electron chi connectivity index (χ2n) is 4.31. The zero-order valence-electron chi connectivity index (χ0n) is 10.9. The highest BCUT2D eigenvalue weighted by molar-refractivity contribution is 9.10. The van der Waals surface area contributed by atoms with Gasteiger partial charge < -0.3 is 10.1 Å². The molecule has 0 spiro atoms. The van der Waals surface area contributed by atoms with E-state index in [1.54, 1.807) is 6.07 Å². The van der Waals surface area contributed by atoms with Crippen LogP contribution in [0.1, 0.15) is 5.56 Å². The monoisotopic (exact) mass is 401 g/mol. The van der Waals surface area contributed by atoms with Crippen LogP contribution in [-0.2, 0) is 0 Å². The van der Waals surface area contributed by atoms with Crippen LogP contribution in [0.3, 0.4) is 0 Å². The minimum absolute atomic E-state index is 0.272. The molecule has 0 aromatic heterocycles. The maximum atomic E-state index is 13.5. The van der Waals surface area contributed by atoms with E-state index in [0.717, 1.165) is 21.5 Å². The van der Waals surface area contributed by atoms with E-state index in [2.05, 4.69) is 37.2 Å². The molecule has 2 nitrogen and oxygen atoms in total. The van der Waals surface area contributed by atoms with Crippen LogP contribution in [0.5, 0.6) is 5.75 Å². The van der Waals surface area contributed by atoms with Crippen molar-refractivity contribution in [1.29, 1.82) is 0 Å². The number of rotatable bonds is 5. The van der Waals surface area contributed by atoms with E-state index in [1.165, 1.54) is 6.07 Å². The lowest BCUT2D eigenvalue weighted by atomic mass is 10.2. The SMILES string of the molecule is Cc1cc(Br)c(F)cc1NCCOc1cccc(Br)c1. The molecule has 0 amide bonds. The first-order valence-corrected chi connectivity index (χ1v) is 7.73. The number of aryl methyl sites for hydroxylation is 1. The van der Waals surface area contributed by atoms with Gasteiger partial charge in [-0.05, 0) is 58.7 Å². The van der Waals surface area contributed by atoms with Gasteiger partial charge in [-0.15, -0.1) is 0 Å². The zero-order chi connectivity index (χ0) is 14.5. The molecule has 0 saturated carbocycles. The number of halogens is 3. The van der Waals surface area contributed by atoms with Gasteiger partial charge in [-0.2, -0.15) is 0 Å². The van der Waals surface area contributed by atoms with Crippen molar-refractivity contribution in [1.82, 2.24) is 0 Å². The molecule has 0 heterocycles. The van der Waals surface area contributed by atoms with Gasteiger partial charge in [-0.1, -0.05) is 22.0 Å². The van der Waals surface area contributed by atoms with E-state index >= 15 is 0 Å². The summed E-state index contributed by atoms with van der Waals surface area (Å²) in [5.74, 6) is 0.533. The molecule has 2 aromatic carbocycles. The van der Waals surface area contributed by atoms with Crippen LogP contribution in [0.25, 0.3) is 0 Å². The van der Waals surface area contributed by atoms with Crippen LogP contribution in [0.4, 0.5) is 10.1 Å². The van der Waals surface area contributed by atoms with Crippen LogP contribution in [0, 0.1) is 12.7 Å². The van der Waals surface area contributed by atoms with E-state index in [1.807, 2.05) is 31.2 Å². The third-order valence-electron chi connectivity index (χ3n) is 2.75. The van der Waals surface area contributed by atoms with Gasteiger partial charge in [0, 0.05) is 16.7 Å². The van der Waals surface area contributed by atoms with Crippen LogP contribution in [0.15, 0.2) is 45.3 Å². The second kappa shape index (κ2) is 7.09. The highest BCUT2D eigenvalue weighted by Gasteiger charge is 2.04. The van der Waals surface area contributed by atoms with Gasteiger partial charge >= 0.3 is 0 Å². The topological polar surface area (TPSA) is 21.3 Å². The summed E-state index contributed by atoms with van der Waals surface area (Å²) in [5.41, 5.74) is 1.77. The smallest absolute Gasteiger partial charge is 0.139 e. The molecule has 0 bridgehead atoms. The number of anilines is 1. The van der Waals surface area contributed by atoms with Crippen LogP contribution in [-0.4, -0.2) is 13.2 Å². The normalized spacial score (nSPS) is 10.4. The number of nitrogens with one attached hydrogen (secondary N) is 1. The van der Waals surface area contributed by atoms with E-state index in [-0.39, 0.29) is 5.82 Å². The van der Waals surface area contributed by atoms with Gasteiger partial charge in [0.15, 0.2) is 0 Å². The van der Waals surface area contributed by atoms with E-state index in [0.29, 0.717) is 17.6 Å². The fourth-order valence-corrected chi connectivity index (χ4v) is 2.58. The van der Waals surface area contributed by atoms with Gasteiger partial charge in [0.05, 0.1) is 4.47 Å². The summed E-state index contributed by atoms with van der Waals surface area (Å²) in [5, 5.41) is 3.17. The van der Waals surface area contributed by atoms with Crippen molar-refractivity contribution in [3.8, 4) is 5.75 Å². The number of hydrogen-bond donors (Lipinski definition) is 1. The summed E-state index contributed by atoms with van der Waals surface area (Å²) < 4.78 is 20.5. The lowest BCUT2D eigenvalue weighted by Crippen LogP contribution is -2.12. The fraction of sp³-hybridized carbons (Fsp3) is 0.200. The molecule has 0 unspecified atom stereocenters. The molecule has 0 fully saturated rings. The van der Waals surface area contributed by atoms with Crippen LogP contribution in [0.2, 0.25) is 0 Å². The molecule has 0 aliphatic carbocycles. The maximum absolute atomic E-state index is 13.5. The second-order valence-corrected chi connectivity index (χ2v) is 6.08. The van der Waals surface area contributed by atoms with Gasteiger partial charge in [0.25, 0.3) is 0 Å². The minimum atomic E-state index is -0.272. The fourth-order valence-electron chi connectivity index (χ4n) is 1.75. The van der Waals surface area contributed by atoms with Crippen molar-refractivity contribution in [3.63, 3.8) is 0 Å². The first-order valence-electron chi connectivity index (χ1n) is 6.14. The molecule has 20 heavy (non-hydrogen) atoms. The lowest BCUT2D eigenvalue weighted by Gasteiger charge is -2.11. The average molecular weight is 403 g/mol. The molecular formula is C15H14Br2FNO. The number of hydrogen-bond acceptors (Lipinski definition) is 2. The Morgan fingerprint density at radius 3 is 2.75 bits per heavy atom. The quantitative estimate of drug-likeness (QED) is 0.698. The van der Waals surface area contributed by atoms with E-state index in [4.69, 9.17) is 4.74 Å². The molecule has 0 radical (unpaired) electrons. The van der Waals surface area contributed by atoms with Crippen molar-refractivity contribution in [3.05, 3.63) is 56.7 Å². The van der Waals surface area contributed by atoms with Crippen molar-refractivity contribution in [2.24, 2.45) is 0 Å². The molecule has 2 rings (SSSR count). The third kappa shape index (κ3) is 4.21. The predicted molar refractivity (Wildman–Crippen MR) is 87.0 cm³/mol. The molecule has 0 aliphatic rings. The summed E-state index contributed by atoms with van der Waals surface area (Å²) in [4.78, 5) is 0. The van der Waals surface area contributed by atoms with Crippen molar-refractivity contribution in [2.45, 2.75) is 6.92 Å². The number of benzene rings is 2. The Hall–Kier alpha value is -1.07. The van der Waals surface area contributed by atoms with Crippen molar-refractivity contribution < 1.29 is 9.13 Å². The highest BCUT2D eigenvalue weighted by atomic mass is 79.9. The Bertz CT molecular complexity index is 604. The molecule has 2 aromatic rings. The molecule has 0 saturated heterocycles. The van der Waals surface area contributed by atoms with E-state index in [9.17, 15) is 4.39 Å². The molecule has 0 atom stereocenters. The van der Waals surface area contributed by atoms with Crippen molar-refractivity contribution in [2.75, 3.05) is 18.5 Å². The summed E-state index contributed by atoms with van der Waals surface area (Å²) in [7, 11) is 0. The number of ether oxygens (including phenoxy) is 1.